The van der Waals surface area contributed by atoms with Gasteiger partial charge in [0.2, 0.25) is 0 Å². The summed E-state index contributed by atoms with van der Waals surface area (Å²) in [5.41, 5.74) is -1.04. The van der Waals surface area contributed by atoms with Gasteiger partial charge in [-0.05, 0) is 19.1 Å². The molecule has 0 bridgehead atoms. The Hall–Kier alpha value is -3.23. The molecule has 2 aromatic rings. The zero-order chi connectivity index (χ0) is 18.6. The Kier molecular flexibility index (Phi) is 5.48. The molecule has 7 nitrogen and oxygen atoms in total. The number of nitrogens with zero attached hydrogens (tertiary/aromatic N) is 1. The van der Waals surface area contributed by atoms with Crippen molar-refractivity contribution < 1.29 is 28.0 Å². The fraction of sp³-hybridized carbons (Fsp3) is 0.188. The van der Waals surface area contributed by atoms with Gasteiger partial charge in [-0.25, -0.2) is 8.78 Å². The van der Waals surface area contributed by atoms with Crippen molar-refractivity contribution in [3.05, 3.63) is 57.6 Å². The molecule has 9 heteroatoms. The first-order chi connectivity index (χ1) is 11.8. The number of amides is 1. The van der Waals surface area contributed by atoms with Crippen molar-refractivity contribution in [1.82, 2.24) is 0 Å². The number of nitro groups is 1. The van der Waals surface area contributed by atoms with Crippen molar-refractivity contribution in [3.63, 3.8) is 0 Å². The zero-order valence-corrected chi connectivity index (χ0v) is 13.3. The molecule has 0 aromatic heterocycles. The predicted octanol–water partition coefficient (Wildman–Crippen LogP) is 3.53. The summed E-state index contributed by atoms with van der Waals surface area (Å²) in [7, 11) is 1.30. The van der Waals surface area contributed by atoms with Crippen LogP contribution in [0, 0.1) is 21.7 Å². The van der Waals surface area contributed by atoms with Crippen LogP contribution in [0.5, 0.6) is 11.5 Å². The minimum Gasteiger partial charge on any atom is -0.493 e. The first-order valence-corrected chi connectivity index (χ1v) is 7.12. The normalized spacial score (nSPS) is 10.2. The summed E-state index contributed by atoms with van der Waals surface area (Å²) in [6, 6.07) is 4.61. The number of ether oxygens (including phenoxy) is 2. The molecule has 0 radical (unpaired) electrons. The van der Waals surface area contributed by atoms with Gasteiger partial charge < -0.3 is 14.8 Å². The summed E-state index contributed by atoms with van der Waals surface area (Å²) in [4.78, 5) is 22.8. The Morgan fingerprint density at radius 3 is 2.32 bits per heavy atom. The van der Waals surface area contributed by atoms with Gasteiger partial charge in [0.05, 0.1) is 24.7 Å². The lowest BCUT2D eigenvalue weighted by atomic mass is 10.1. The predicted molar refractivity (Wildman–Crippen MR) is 85.1 cm³/mol. The van der Waals surface area contributed by atoms with Crippen LogP contribution in [-0.4, -0.2) is 24.5 Å². The third kappa shape index (κ3) is 4.19. The quantitative estimate of drug-likeness (QED) is 0.634. The maximum atomic E-state index is 13.2. The van der Waals surface area contributed by atoms with E-state index in [1.807, 2.05) is 0 Å². The number of carbonyl (C=O) groups is 1. The number of rotatable bonds is 6. The number of benzene rings is 2. The first-order valence-electron chi connectivity index (χ1n) is 7.12. The summed E-state index contributed by atoms with van der Waals surface area (Å²) in [6.45, 7) is 1.93. The number of nitro benzene ring substituents is 1. The summed E-state index contributed by atoms with van der Waals surface area (Å²) >= 11 is 0. The van der Waals surface area contributed by atoms with Crippen LogP contribution >= 0.6 is 0 Å². The fourth-order valence-corrected chi connectivity index (χ4v) is 2.13. The number of nitrogens with one attached hydrogen (secondary N) is 1. The van der Waals surface area contributed by atoms with E-state index < -0.39 is 28.2 Å². The summed E-state index contributed by atoms with van der Waals surface area (Å²) < 4.78 is 36.7. The van der Waals surface area contributed by atoms with E-state index >= 15 is 0 Å². The standard InChI is InChI=1S/C16H14F2N2O5/c1-3-25-15-7-12(13(20(22)23)8-14(15)24-2)16(21)19-11-5-9(17)4-10(18)6-11/h4-8H,3H2,1-2H3,(H,19,21). The van der Waals surface area contributed by atoms with Crippen LogP contribution in [0.1, 0.15) is 17.3 Å². The Labute approximate surface area is 141 Å². The molecule has 0 heterocycles. The highest BCUT2D eigenvalue weighted by molar-refractivity contribution is 6.07. The molecule has 2 rings (SSSR count). The summed E-state index contributed by atoms with van der Waals surface area (Å²) in [5, 5.41) is 13.5. The van der Waals surface area contributed by atoms with Gasteiger partial charge in [-0.1, -0.05) is 0 Å². The molecule has 0 saturated heterocycles. The summed E-state index contributed by atoms with van der Waals surface area (Å²) in [5.74, 6) is -2.49. The molecule has 132 valence electrons. The average Bonchev–Trinajstić information content (AvgIpc) is 2.53. The van der Waals surface area contributed by atoms with Gasteiger partial charge in [0.15, 0.2) is 11.5 Å². The average molecular weight is 352 g/mol. The SMILES string of the molecule is CCOc1cc(C(=O)Nc2cc(F)cc(F)c2)c([N+](=O)[O-])cc1OC. The molecule has 1 N–H and O–H groups in total. The van der Waals surface area contributed by atoms with E-state index in [9.17, 15) is 23.7 Å². The minimum atomic E-state index is -0.916. The number of halogens is 2. The van der Waals surface area contributed by atoms with Crippen molar-refractivity contribution in [2.75, 3.05) is 19.0 Å². The highest BCUT2D eigenvalue weighted by atomic mass is 19.1. The maximum absolute atomic E-state index is 13.2. The van der Waals surface area contributed by atoms with Crippen molar-refractivity contribution in [3.8, 4) is 11.5 Å². The maximum Gasteiger partial charge on any atom is 0.286 e. The molecule has 1 amide bonds. The van der Waals surface area contributed by atoms with Gasteiger partial charge in [0.1, 0.15) is 17.2 Å². The molecule has 0 saturated carbocycles. The third-order valence-corrected chi connectivity index (χ3v) is 3.14. The van der Waals surface area contributed by atoms with Crippen LogP contribution in [0.3, 0.4) is 0 Å². The molecule has 0 aliphatic heterocycles. The fourth-order valence-electron chi connectivity index (χ4n) is 2.13. The number of hydrogen-bond donors (Lipinski definition) is 1. The van der Waals surface area contributed by atoms with E-state index in [2.05, 4.69) is 5.32 Å². The number of methoxy groups -OCH3 is 1. The van der Waals surface area contributed by atoms with Crippen LogP contribution in [0.15, 0.2) is 30.3 Å². The van der Waals surface area contributed by atoms with Crippen LogP contribution < -0.4 is 14.8 Å². The van der Waals surface area contributed by atoms with E-state index in [0.717, 1.165) is 24.3 Å². The molecular weight excluding hydrogens is 338 g/mol. The van der Waals surface area contributed by atoms with Gasteiger partial charge >= 0.3 is 0 Å². The van der Waals surface area contributed by atoms with Gasteiger partial charge in [-0.2, -0.15) is 0 Å². The van der Waals surface area contributed by atoms with Crippen molar-refractivity contribution in [2.45, 2.75) is 6.92 Å². The second-order valence-corrected chi connectivity index (χ2v) is 4.82. The molecule has 0 spiro atoms. The van der Waals surface area contributed by atoms with E-state index in [-0.39, 0.29) is 29.4 Å². The van der Waals surface area contributed by atoms with Gasteiger partial charge in [0, 0.05) is 17.8 Å². The van der Waals surface area contributed by atoms with Crippen LogP contribution in [-0.2, 0) is 0 Å². The highest BCUT2D eigenvalue weighted by Crippen LogP contribution is 2.35. The Morgan fingerprint density at radius 1 is 1.16 bits per heavy atom. The lowest BCUT2D eigenvalue weighted by Crippen LogP contribution is -2.15. The van der Waals surface area contributed by atoms with Crippen LogP contribution in [0.2, 0.25) is 0 Å². The molecule has 0 aliphatic carbocycles. The van der Waals surface area contributed by atoms with Crippen molar-refractivity contribution in [2.24, 2.45) is 0 Å². The first kappa shape index (κ1) is 18.1. The Morgan fingerprint density at radius 2 is 1.80 bits per heavy atom. The molecule has 25 heavy (non-hydrogen) atoms. The van der Waals surface area contributed by atoms with Gasteiger partial charge in [-0.3, -0.25) is 14.9 Å². The van der Waals surface area contributed by atoms with Crippen molar-refractivity contribution in [1.29, 1.82) is 0 Å². The molecule has 0 atom stereocenters. The Balaban J connectivity index is 2.46. The topological polar surface area (TPSA) is 90.7 Å². The smallest absolute Gasteiger partial charge is 0.286 e. The van der Waals surface area contributed by atoms with Crippen LogP contribution in [0.25, 0.3) is 0 Å². The highest BCUT2D eigenvalue weighted by Gasteiger charge is 2.25. The number of hydrogen-bond acceptors (Lipinski definition) is 5. The minimum absolute atomic E-state index is 0.0851. The van der Waals surface area contributed by atoms with E-state index in [0.29, 0.717) is 6.07 Å². The summed E-state index contributed by atoms with van der Waals surface area (Å²) in [6.07, 6.45) is 0. The molecular formula is C16H14F2N2O5. The third-order valence-electron chi connectivity index (χ3n) is 3.14. The monoisotopic (exact) mass is 352 g/mol. The van der Waals surface area contributed by atoms with Crippen LogP contribution in [0.4, 0.5) is 20.2 Å². The lowest BCUT2D eigenvalue weighted by molar-refractivity contribution is -0.385. The second kappa shape index (κ2) is 7.56. The second-order valence-electron chi connectivity index (χ2n) is 4.82. The number of anilines is 1. The van der Waals surface area contributed by atoms with Crippen molar-refractivity contribution >= 4 is 17.3 Å². The largest absolute Gasteiger partial charge is 0.493 e. The molecule has 0 unspecified atom stereocenters. The Bertz CT molecular complexity index is 806. The zero-order valence-electron chi connectivity index (χ0n) is 13.3. The van der Waals surface area contributed by atoms with Gasteiger partial charge in [0.25, 0.3) is 11.6 Å². The van der Waals surface area contributed by atoms with E-state index in [4.69, 9.17) is 9.47 Å². The van der Waals surface area contributed by atoms with E-state index in [1.165, 1.54) is 7.11 Å². The number of carbonyl (C=O) groups excluding carboxylic acids is 1. The molecule has 2 aromatic carbocycles. The van der Waals surface area contributed by atoms with Gasteiger partial charge in [-0.15, -0.1) is 0 Å². The lowest BCUT2D eigenvalue weighted by Gasteiger charge is -2.12. The molecule has 0 aliphatic rings. The molecule has 0 fully saturated rings. The van der Waals surface area contributed by atoms with E-state index in [1.54, 1.807) is 6.92 Å².